The van der Waals surface area contributed by atoms with Crippen molar-refractivity contribution in [3.05, 3.63) is 29.6 Å². The standard InChI is InChI=1S/C26H39F3N4O4S/c1-16(2)32(6)18-10-11-21(17(14-18)15-38(36,37)25(3,4)5)33-13-12-20(24(33)35)31-23(34)19-8-7-9-22(30-19)26(27,28)29/h7-9,16-18,20-21H,10-15H2,1-6H3,(H,31,34)/t17-,18+,20-,21-/m0/s1. The number of sulfone groups is 1. The van der Waals surface area contributed by atoms with Gasteiger partial charge in [0.05, 0.1) is 10.5 Å². The van der Waals surface area contributed by atoms with Gasteiger partial charge >= 0.3 is 6.18 Å². The number of pyridine rings is 1. The van der Waals surface area contributed by atoms with Crippen molar-refractivity contribution < 1.29 is 31.2 Å². The molecule has 1 aromatic rings. The summed E-state index contributed by atoms with van der Waals surface area (Å²) in [5, 5.41) is 2.54. The van der Waals surface area contributed by atoms with Gasteiger partial charge in [0.2, 0.25) is 5.91 Å². The smallest absolute Gasteiger partial charge is 0.339 e. The van der Waals surface area contributed by atoms with Gasteiger partial charge in [-0.3, -0.25) is 9.59 Å². The first-order chi connectivity index (χ1) is 17.4. The Morgan fingerprint density at radius 2 is 1.84 bits per heavy atom. The van der Waals surface area contributed by atoms with E-state index < -0.39 is 44.1 Å². The second kappa shape index (κ2) is 11.1. The van der Waals surface area contributed by atoms with E-state index in [2.05, 4.69) is 29.0 Å². The van der Waals surface area contributed by atoms with Crippen LogP contribution < -0.4 is 5.32 Å². The Kier molecular flexibility index (Phi) is 8.87. The third-order valence-corrected chi connectivity index (χ3v) is 10.6. The van der Waals surface area contributed by atoms with Crippen LogP contribution in [0.4, 0.5) is 13.2 Å². The fourth-order valence-corrected chi connectivity index (χ4v) is 6.67. The fraction of sp³-hybridized carbons (Fsp3) is 0.731. The SMILES string of the molecule is CC(C)N(C)[C@@H]1CC[C@H](N2CC[C@H](NC(=O)c3cccc(C(F)(F)F)n3)C2=O)[C@H](CS(=O)(=O)C(C)(C)C)C1. The van der Waals surface area contributed by atoms with Crippen LogP contribution in [0.3, 0.4) is 0 Å². The first-order valence-corrected chi connectivity index (χ1v) is 14.7. The Balaban J connectivity index is 1.77. The molecular formula is C26H39F3N4O4S. The van der Waals surface area contributed by atoms with Crippen molar-refractivity contribution in [2.45, 2.75) is 95.4 Å². The van der Waals surface area contributed by atoms with Gasteiger partial charge in [-0.2, -0.15) is 13.2 Å². The second-order valence-electron chi connectivity index (χ2n) is 11.7. The van der Waals surface area contributed by atoms with Gasteiger partial charge in [-0.15, -0.1) is 0 Å². The van der Waals surface area contributed by atoms with E-state index in [0.29, 0.717) is 19.4 Å². The van der Waals surface area contributed by atoms with Gasteiger partial charge in [-0.25, -0.2) is 13.4 Å². The van der Waals surface area contributed by atoms with Gasteiger partial charge in [-0.1, -0.05) is 6.07 Å². The third-order valence-electron chi connectivity index (χ3n) is 7.89. The molecule has 1 saturated heterocycles. The minimum Gasteiger partial charge on any atom is -0.339 e. The quantitative estimate of drug-likeness (QED) is 0.548. The van der Waals surface area contributed by atoms with Crippen LogP contribution in [0.5, 0.6) is 0 Å². The van der Waals surface area contributed by atoms with E-state index >= 15 is 0 Å². The molecular weight excluding hydrogens is 521 g/mol. The summed E-state index contributed by atoms with van der Waals surface area (Å²) in [5.41, 5.74) is -1.60. The van der Waals surface area contributed by atoms with E-state index in [1.807, 2.05) is 7.05 Å². The first-order valence-electron chi connectivity index (χ1n) is 13.0. The van der Waals surface area contributed by atoms with Gasteiger partial charge in [0.15, 0.2) is 9.84 Å². The topological polar surface area (TPSA) is 99.7 Å². The molecule has 2 heterocycles. The Bertz CT molecular complexity index is 1130. The first kappa shape index (κ1) is 30.3. The number of likely N-dealkylation sites (tertiary alicyclic amines) is 1. The Morgan fingerprint density at radius 3 is 2.42 bits per heavy atom. The van der Waals surface area contributed by atoms with E-state index in [0.717, 1.165) is 18.6 Å². The zero-order chi connectivity index (χ0) is 28.6. The van der Waals surface area contributed by atoms with Crippen molar-refractivity contribution in [2.24, 2.45) is 5.92 Å². The summed E-state index contributed by atoms with van der Waals surface area (Å²) in [6.07, 6.45) is -2.34. The predicted octanol–water partition coefficient (Wildman–Crippen LogP) is 3.52. The lowest BCUT2D eigenvalue weighted by Gasteiger charge is -2.45. The molecule has 1 N–H and O–H groups in total. The highest BCUT2D eigenvalue weighted by atomic mass is 32.2. The molecule has 8 nitrogen and oxygen atoms in total. The molecule has 3 rings (SSSR count). The minimum atomic E-state index is -4.69. The molecule has 1 saturated carbocycles. The van der Waals surface area contributed by atoms with E-state index in [4.69, 9.17) is 0 Å². The Labute approximate surface area is 223 Å². The summed E-state index contributed by atoms with van der Waals surface area (Å²) in [6, 6.07) is 2.31. The summed E-state index contributed by atoms with van der Waals surface area (Å²) in [5.74, 6) is -1.52. The van der Waals surface area contributed by atoms with E-state index in [-0.39, 0.29) is 42.1 Å². The number of nitrogens with one attached hydrogen (secondary N) is 1. The number of hydrogen-bond acceptors (Lipinski definition) is 6. The molecule has 0 aromatic carbocycles. The monoisotopic (exact) mass is 560 g/mol. The van der Waals surface area contributed by atoms with Gasteiger partial charge in [0.25, 0.3) is 5.91 Å². The lowest BCUT2D eigenvalue weighted by Crippen LogP contribution is -2.53. The number of hydrogen-bond donors (Lipinski definition) is 1. The molecule has 0 bridgehead atoms. The molecule has 2 aliphatic rings. The predicted molar refractivity (Wildman–Crippen MR) is 138 cm³/mol. The highest BCUT2D eigenvalue weighted by Gasteiger charge is 2.45. The molecule has 1 aliphatic carbocycles. The van der Waals surface area contributed by atoms with Crippen LogP contribution in [0.15, 0.2) is 18.2 Å². The molecule has 4 atom stereocenters. The molecule has 38 heavy (non-hydrogen) atoms. The summed E-state index contributed by atoms with van der Waals surface area (Å²) in [6.45, 7) is 9.53. The molecule has 12 heteroatoms. The number of carbonyl (C=O) groups is 2. The molecule has 214 valence electrons. The number of halogens is 3. The molecule has 2 fully saturated rings. The molecule has 1 aromatic heterocycles. The summed E-state index contributed by atoms with van der Waals surface area (Å²) in [4.78, 5) is 33.3. The summed E-state index contributed by atoms with van der Waals surface area (Å²) >= 11 is 0. The number of nitrogens with zero attached hydrogens (tertiary/aromatic N) is 3. The molecule has 0 spiro atoms. The number of amides is 2. The van der Waals surface area contributed by atoms with E-state index in [9.17, 15) is 31.2 Å². The molecule has 1 aliphatic heterocycles. The maximum absolute atomic E-state index is 13.4. The average molecular weight is 561 g/mol. The Morgan fingerprint density at radius 1 is 1.18 bits per heavy atom. The fourth-order valence-electron chi connectivity index (χ4n) is 5.25. The molecule has 0 radical (unpaired) electrons. The highest BCUT2D eigenvalue weighted by molar-refractivity contribution is 7.92. The van der Waals surface area contributed by atoms with Crippen molar-refractivity contribution in [3.63, 3.8) is 0 Å². The van der Waals surface area contributed by atoms with Crippen LogP contribution in [0, 0.1) is 5.92 Å². The summed E-state index contributed by atoms with van der Waals surface area (Å²) < 4.78 is 64.4. The van der Waals surface area contributed by atoms with E-state index in [1.54, 1.807) is 25.7 Å². The maximum atomic E-state index is 13.4. The van der Waals surface area contributed by atoms with Gasteiger partial charge in [-0.05, 0) is 85.4 Å². The number of carbonyl (C=O) groups excluding carboxylic acids is 2. The van der Waals surface area contributed by atoms with Crippen LogP contribution in [-0.2, 0) is 20.8 Å². The van der Waals surface area contributed by atoms with Crippen molar-refractivity contribution in [1.82, 2.24) is 20.1 Å². The van der Waals surface area contributed by atoms with Crippen LogP contribution in [0.2, 0.25) is 0 Å². The largest absolute Gasteiger partial charge is 0.433 e. The van der Waals surface area contributed by atoms with Gasteiger partial charge < -0.3 is 15.1 Å². The van der Waals surface area contributed by atoms with Crippen LogP contribution in [0.1, 0.15) is 76.5 Å². The van der Waals surface area contributed by atoms with Crippen molar-refractivity contribution in [3.8, 4) is 0 Å². The molecule has 2 amide bonds. The lowest BCUT2D eigenvalue weighted by molar-refractivity contribution is -0.141. The number of rotatable bonds is 7. The third kappa shape index (κ3) is 6.67. The summed E-state index contributed by atoms with van der Waals surface area (Å²) in [7, 11) is -1.43. The average Bonchev–Trinajstić information content (AvgIpc) is 3.16. The maximum Gasteiger partial charge on any atom is 0.433 e. The Hall–Kier alpha value is -2.21. The van der Waals surface area contributed by atoms with Gasteiger partial charge in [0.1, 0.15) is 17.4 Å². The van der Waals surface area contributed by atoms with Crippen LogP contribution >= 0.6 is 0 Å². The number of alkyl halides is 3. The zero-order valence-electron chi connectivity index (χ0n) is 22.9. The van der Waals surface area contributed by atoms with Gasteiger partial charge in [0, 0.05) is 24.7 Å². The van der Waals surface area contributed by atoms with Crippen molar-refractivity contribution >= 4 is 21.7 Å². The zero-order valence-corrected chi connectivity index (χ0v) is 23.7. The molecule has 0 unspecified atom stereocenters. The normalized spacial score (nSPS) is 25.3. The van der Waals surface area contributed by atoms with Crippen molar-refractivity contribution in [1.29, 1.82) is 0 Å². The number of aromatic nitrogens is 1. The lowest BCUT2D eigenvalue weighted by atomic mass is 9.81. The second-order valence-corrected chi connectivity index (χ2v) is 14.5. The van der Waals surface area contributed by atoms with Crippen LogP contribution in [-0.4, -0.2) is 83.3 Å². The van der Waals surface area contributed by atoms with E-state index in [1.165, 1.54) is 6.07 Å². The van der Waals surface area contributed by atoms with Crippen LogP contribution in [0.25, 0.3) is 0 Å². The van der Waals surface area contributed by atoms with Crippen molar-refractivity contribution in [2.75, 3.05) is 19.3 Å². The highest BCUT2D eigenvalue weighted by Crippen LogP contribution is 2.36. The minimum absolute atomic E-state index is 0.0431.